The molecule has 2 rings (SSSR count). The summed E-state index contributed by atoms with van der Waals surface area (Å²) in [5.74, 6) is 1.51. The summed E-state index contributed by atoms with van der Waals surface area (Å²) in [7, 11) is 0.860. The maximum absolute atomic E-state index is 12.1. The monoisotopic (exact) mass is 252 g/mol. The SMILES string of the molecule is COCc1ccc([S@](=O)CC2CCCC2)cc1. The molecule has 0 N–H and O–H groups in total. The summed E-state index contributed by atoms with van der Waals surface area (Å²) >= 11 is 0. The fraction of sp³-hybridized carbons (Fsp3) is 0.571. The third-order valence-electron chi connectivity index (χ3n) is 3.36. The molecule has 3 heteroatoms. The Kier molecular flexibility index (Phi) is 4.75. The molecule has 1 fully saturated rings. The molecule has 1 atom stereocenters. The second-order valence-electron chi connectivity index (χ2n) is 4.74. The van der Waals surface area contributed by atoms with Crippen LogP contribution in [-0.4, -0.2) is 17.1 Å². The zero-order valence-electron chi connectivity index (χ0n) is 10.4. The molecule has 0 saturated heterocycles. The highest BCUT2D eigenvalue weighted by atomic mass is 32.2. The van der Waals surface area contributed by atoms with Crippen molar-refractivity contribution in [3.05, 3.63) is 29.8 Å². The lowest BCUT2D eigenvalue weighted by atomic mass is 10.1. The van der Waals surface area contributed by atoms with Gasteiger partial charge in [-0.05, 0) is 36.5 Å². The van der Waals surface area contributed by atoms with Gasteiger partial charge in [0.2, 0.25) is 0 Å². The first-order valence-electron chi connectivity index (χ1n) is 6.26. The predicted molar refractivity (Wildman–Crippen MR) is 70.4 cm³/mol. The normalized spacial score (nSPS) is 18.4. The molecule has 0 radical (unpaired) electrons. The van der Waals surface area contributed by atoms with E-state index in [1.807, 2.05) is 24.3 Å². The second-order valence-corrected chi connectivity index (χ2v) is 6.24. The van der Waals surface area contributed by atoms with E-state index in [1.165, 1.54) is 25.7 Å². The lowest BCUT2D eigenvalue weighted by Crippen LogP contribution is -2.07. The number of benzene rings is 1. The van der Waals surface area contributed by atoms with Crippen LogP contribution in [0, 0.1) is 5.92 Å². The van der Waals surface area contributed by atoms with Crippen LogP contribution in [0.15, 0.2) is 29.2 Å². The Bertz CT molecular complexity index is 366. The molecule has 0 aromatic heterocycles. The summed E-state index contributed by atoms with van der Waals surface area (Å²) in [6.07, 6.45) is 5.14. The topological polar surface area (TPSA) is 26.3 Å². The Morgan fingerprint density at radius 1 is 1.24 bits per heavy atom. The van der Waals surface area contributed by atoms with E-state index in [0.717, 1.165) is 16.2 Å². The van der Waals surface area contributed by atoms with Crippen LogP contribution >= 0.6 is 0 Å². The molecule has 1 aromatic rings. The molecule has 0 amide bonds. The van der Waals surface area contributed by atoms with E-state index in [4.69, 9.17) is 4.74 Å². The number of methoxy groups -OCH3 is 1. The summed E-state index contributed by atoms with van der Waals surface area (Å²) in [6.45, 7) is 0.621. The van der Waals surface area contributed by atoms with Crippen molar-refractivity contribution in [3.63, 3.8) is 0 Å². The zero-order chi connectivity index (χ0) is 12.1. The highest BCUT2D eigenvalue weighted by molar-refractivity contribution is 7.85. The Morgan fingerprint density at radius 3 is 2.47 bits per heavy atom. The summed E-state index contributed by atoms with van der Waals surface area (Å²) < 4.78 is 17.2. The quantitative estimate of drug-likeness (QED) is 0.804. The molecular formula is C14H20O2S. The molecule has 1 saturated carbocycles. The number of hydrogen-bond donors (Lipinski definition) is 0. The van der Waals surface area contributed by atoms with Gasteiger partial charge in [0.15, 0.2) is 0 Å². The first-order chi connectivity index (χ1) is 8.29. The fourth-order valence-electron chi connectivity index (χ4n) is 2.39. The first kappa shape index (κ1) is 12.8. The van der Waals surface area contributed by atoms with Gasteiger partial charge in [-0.25, -0.2) is 0 Å². The molecule has 1 aromatic carbocycles. The van der Waals surface area contributed by atoms with Gasteiger partial charge >= 0.3 is 0 Å². The van der Waals surface area contributed by atoms with Gasteiger partial charge in [0.25, 0.3) is 0 Å². The van der Waals surface area contributed by atoms with Gasteiger partial charge in [0, 0.05) is 17.8 Å². The van der Waals surface area contributed by atoms with Crippen molar-refractivity contribution in [2.24, 2.45) is 5.92 Å². The molecule has 0 heterocycles. The van der Waals surface area contributed by atoms with E-state index in [0.29, 0.717) is 12.5 Å². The standard InChI is InChI=1S/C14H20O2S/c1-16-10-12-6-8-14(9-7-12)17(15)11-13-4-2-3-5-13/h6-9,13H,2-5,10-11H2,1H3/t17-/m1/s1. The fourth-order valence-corrected chi connectivity index (χ4v) is 3.79. The van der Waals surface area contributed by atoms with Crippen molar-refractivity contribution in [1.82, 2.24) is 0 Å². The van der Waals surface area contributed by atoms with Crippen molar-refractivity contribution in [2.45, 2.75) is 37.2 Å². The summed E-state index contributed by atoms with van der Waals surface area (Å²) in [6, 6.07) is 7.95. The lowest BCUT2D eigenvalue weighted by molar-refractivity contribution is 0.185. The van der Waals surface area contributed by atoms with E-state index in [9.17, 15) is 4.21 Å². The largest absolute Gasteiger partial charge is 0.380 e. The third-order valence-corrected chi connectivity index (χ3v) is 4.93. The van der Waals surface area contributed by atoms with E-state index in [2.05, 4.69) is 0 Å². The minimum absolute atomic E-state index is 0.621. The van der Waals surface area contributed by atoms with E-state index in [1.54, 1.807) is 7.11 Å². The minimum Gasteiger partial charge on any atom is -0.380 e. The van der Waals surface area contributed by atoms with Gasteiger partial charge in [0.05, 0.1) is 17.4 Å². The van der Waals surface area contributed by atoms with Gasteiger partial charge in [-0.1, -0.05) is 25.0 Å². The van der Waals surface area contributed by atoms with Crippen LogP contribution < -0.4 is 0 Å². The molecule has 1 aliphatic carbocycles. The van der Waals surface area contributed by atoms with E-state index < -0.39 is 10.8 Å². The molecule has 17 heavy (non-hydrogen) atoms. The van der Waals surface area contributed by atoms with E-state index >= 15 is 0 Å². The molecule has 1 aliphatic rings. The smallest absolute Gasteiger partial charge is 0.0713 e. The molecular weight excluding hydrogens is 232 g/mol. The molecule has 2 nitrogen and oxygen atoms in total. The van der Waals surface area contributed by atoms with Crippen LogP contribution in [0.1, 0.15) is 31.2 Å². The summed E-state index contributed by atoms with van der Waals surface area (Å²) in [5, 5.41) is 0. The lowest BCUT2D eigenvalue weighted by Gasteiger charge is -2.09. The Labute approximate surface area is 106 Å². The number of hydrogen-bond acceptors (Lipinski definition) is 2. The minimum atomic E-state index is -0.826. The molecule has 0 bridgehead atoms. The highest BCUT2D eigenvalue weighted by Gasteiger charge is 2.18. The van der Waals surface area contributed by atoms with Crippen molar-refractivity contribution < 1.29 is 8.95 Å². The van der Waals surface area contributed by atoms with Gasteiger partial charge < -0.3 is 4.74 Å². The third kappa shape index (κ3) is 3.65. The van der Waals surface area contributed by atoms with Crippen molar-refractivity contribution in [1.29, 1.82) is 0 Å². The van der Waals surface area contributed by atoms with Gasteiger partial charge in [-0.15, -0.1) is 0 Å². The second kappa shape index (κ2) is 6.31. The number of ether oxygens (including phenoxy) is 1. The molecule has 94 valence electrons. The van der Waals surface area contributed by atoms with Gasteiger partial charge in [0.1, 0.15) is 0 Å². The highest BCUT2D eigenvalue weighted by Crippen LogP contribution is 2.26. The predicted octanol–water partition coefficient (Wildman–Crippen LogP) is 3.13. The first-order valence-corrected chi connectivity index (χ1v) is 7.57. The molecule has 0 spiro atoms. The summed E-state index contributed by atoms with van der Waals surface area (Å²) in [4.78, 5) is 0.955. The van der Waals surface area contributed by atoms with Crippen LogP contribution in [0.4, 0.5) is 0 Å². The van der Waals surface area contributed by atoms with Crippen molar-refractivity contribution in [2.75, 3.05) is 12.9 Å². The zero-order valence-corrected chi connectivity index (χ0v) is 11.2. The Morgan fingerprint density at radius 2 is 1.88 bits per heavy atom. The summed E-state index contributed by atoms with van der Waals surface area (Å²) in [5.41, 5.74) is 1.13. The number of rotatable bonds is 5. The maximum atomic E-state index is 12.1. The van der Waals surface area contributed by atoms with Crippen molar-refractivity contribution >= 4 is 10.8 Å². The van der Waals surface area contributed by atoms with Gasteiger partial charge in [-0.3, -0.25) is 4.21 Å². The van der Waals surface area contributed by atoms with E-state index in [-0.39, 0.29) is 0 Å². The Balaban J connectivity index is 1.93. The molecule has 0 unspecified atom stereocenters. The average molecular weight is 252 g/mol. The Hall–Kier alpha value is -0.670. The maximum Gasteiger partial charge on any atom is 0.0713 e. The van der Waals surface area contributed by atoms with Crippen LogP contribution in [0.5, 0.6) is 0 Å². The van der Waals surface area contributed by atoms with Crippen molar-refractivity contribution in [3.8, 4) is 0 Å². The van der Waals surface area contributed by atoms with Crippen LogP contribution in [0.2, 0.25) is 0 Å². The van der Waals surface area contributed by atoms with Crippen LogP contribution in [-0.2, 0) is 22.1 Å². The van der Waals surface area contributed by atoms with Gasteiger partial charge in [-0.2, -0.15) is 0 Å². The average Bonchev–Trinajstić information content (AvgIpc) is 2.83. The molecule has 0 aliphatic heterocycles. The van der Waals surface area contributed by atoms with Crippen LogP contribution in [0.25, 0.3) is 0 Å². The van der Waals surface area contributed by atoms with Crippen LogP contribution in [0.3, 0.4) is 0 Å².